The average molecular weight is 250 g/mol. The first-order valence-electron chi connectivity index (χ1n) is 7.54. The van der Waals surface area contributed by atoms with Gasteiger partial charge in [0.2, 0.25) is 0 Å². The van der Waals surface area contributed by atoms with E-state index in [0.29, 0.717) is 6.04 Å². The van der Waals surface area contributed by atoms with Crippen molar-refractivity contribution in [2.75, 3.05) is 6.54 Å². The van der Waals surface area contributed by atoms with Crippen molar-refractivity contribution in [1.29, 1.82) is 0 Å². The molecule has 0 aromatic carbocycles. The molecular weight excluding hydrogens is 220 g/mol. The zero-order valence-corrected chi connectivity index (χ0v) is 12.6. The SMILES string of the molecule is CC1(C)CC(NC[C@H]2CC=CCC2)CC(C)(C)N1. The molecule has 2 heteroatoms. The van der Waals surface area contributed by atoms with Crippen LogP contribution in [0.1, 0.15) is 59.8 Å². The van der Waals surface area contributed by atoms with E-state index in [0.717, 1.165) is 5.92 Å². The van der Waals surface area contributed by atoms with Crippen LogP contribution in [0.2, 0.25) is 0 Å². The first-order chi connectivity index (χ1) is 8.36. The van der Waals surface area contributed by atoms with Gasteiger partial charge in [-0.2, -0.15) is 0 Å². The van der Waals surface area contributed by atoms with Gasteiger partial charge in [-0.1, -0.05) is 12.2 Å². The summed E-state index contributed by atoms with van der Waals surface area (Å²) in [7, 11) is 0. The summed E-state index contributed by atoms with van der Waals surface area (Å²) in [5.41, 5.74) is 0.512. The van der Waals surface area contributed by atoms with Crippen LogP contribution in [0, 0.1) is 5.92 Å². The van der Waals surface area contributed by atoms with Gasteiger partial charge < -0.3 is 10.6 Å². The predicted molar refractivity (Wildman–Crippen MR) is 78.8 cm³/mol. The Bertz CT molecular complexity index is 288. The average Bonchev–Trinajstić information content (AvgIpc) is 2.24. The van der Waals surface area contributed by atoms with E-state index < -0.39 is 0 Å². The lowest BCUT2D eigenvalue weighted by Crippen LogP contribution is -2.61. The predicted octanol–water partition coefficient (Wildman–Crippen LogP) is 3.24. The molecule has 2 N–H and O–H groups in total. The molecule has 0 aromatic rings. The lowest BCUT2D eigenvalue weighted by atomic mass is 9.79. The molecule has 0 saturated carbocycles. The van der Waals surface area contributed by atoms with Crippen molar-refractivity contribution < 1.29 is 0 Å². The highest BCUT2D eigenvalue weighted by molar-refractivity contribution is 5.00. The van der Waals surface area contributed by atoms with Crippen LogP contribution < -0.4 is 10.6 Å². The minimum absolute atomic E-state index is 0.256. The van der Waals surface area contributed by atoms with Gasteiger partial charge in [0, 0.05) is 17.1 Å². The quantitative estimate of drug-likeness (QED) is 0.751. The molecule has 0 spiro atoms. The van der Waals surface area contributed by atoms with Crippen LogP contribution in [0.15, 0.2) is 12.2 Å². The third kappa shape index (κ3) is 4.10. The summed E-state index contributed by atoms with van der Waals surface area (Å²) in [5, 5.41) is 7.58. The van der Waals surface area contributed by atoms with Gasteiger partial charge in [0.05, 0.1) is 0 Å². The highest BCUT2D eigenvalue weighted by Crippen LogP contribution is 2.29. The van der Waals surface area contributed by atoms with E-state index in [9.17, 15) is 0 Å². The van der Waals surface area contributed by atoms with Crippen LogP contribution in [0.3, 0.4) is 0 Å². The van der Waals surface area contributed by atoms with E-state index in [1.54, 1.807) is 0 Å². The number of allylic oxidation sites excluding steroid dienone is 2. The van der Waals surface area contributed by atoms with Gasteiger partial charge in [0.25, 0.3) is 0 Å². The summed E-state index contributed by atoms with van der Waals surface area (Å²) < 4.78 is 0. The number of rotatable bonds is 3. The molecule has 2 rings (SSSR count). The van der Waals surface area contributed by atoms with Gasteiger partial charge in [0.15, 0.2) is 0 Å². The fourth-order valence-corrected chi connectivity index (χ4v) is 3.84. The lowest BCUT2D eigenvalue weighted by molar-refractivity contribution is 0.143. The zero-order valence-electron chi connectivity index (χ0n) is 12.6. The minimum atomic E-state index is 0.256. The molecule has 0 amide bonds. The molecule has 1 aliphatic carbocycles. The molecule has 2 nitrogen and oxygen atoms in total. The van der Waals surface area contributed by atoms with E-state index in [2.05, 4.69) is 50.5 Å². The smallest absolute Gasteiger partial charge is 0.0144 e. The molecule has 0 unspecified atom stereocenters. The fourth-order valence-electron chi connectivity index (χ4n) is 3.84. The Morgan fingerprint density at radius 3 is 2.33 bits per heavy atom. The van der Waals surface area contributed by atoms with Crippen LogP contribution in [-0.2, 0) is 0 Å². The summed E-state index contributed by atoms with van der Waals surface area (Å²) in [6, 6.07) is 0.669. The standard InChI is InChI=1S/C16H30N2/c1-15(2)10-14(11-16(3,4)18-15)17-12-13-8-6-5-7-9-13/h5-6,13-14,17-18H,7-12H2,1-4H3/t13-/m0/s1. The Balaban J connectivity index is 1.83. The van der Waals surface area contributed by atoms with Crippen molar-refractivity contribution in [3.05, 3.63) is 12.2 Å². The molecule has 1 saturated heterocycles. The van der Waals surface area contributed by atoms with Gasteiger partial charge in [-0.15, -0.1) is 0 Å². The molecule has 0 bridgehead atoms. The van der Waals surface area contributed by atoms with Crippen LogP contribution in [0.4, 0.5) is 0 Å². The third-order valence-corrected chi connectivity index (χ3v) is 4.26. The van der Waals surface area contributed by atoms with E-state index in [-0.39, 0.29) is 11.1 Å². The number of nitrogens with one attached hydrogen (secondary N) is 2. The molecule has 1 aliphatic heterocycles. The molecule has 1 fully saturated rings. The molecule has 0 aromatic heterocycles. The molecule has 104 valence electrons. The Kier molecular flexibility index (Phi) is 4.18. The van der Waals surface area contributed by atoms with Crippen molar-refractivity contribution >= 4 is 0 Å². The van der Waals surface area contributed by atoms with Crippen LogP contribution in [-0.4, -0.2) is 23.7 Å². The second-order valence-electron chi connectivity index (χ2n) is 7.56. The van der Waals surface area contributed by atoms with Gasteiger partial charge >= 0.3 is 0 Å². The van der Waals surface area contributed by atoms with Crippen LogP contribution >= 0.6 is 0 Å². The second-order valence-corrected chi connectivity index (χ2v) is 7.56. The first-order valence-corrected chi connectivity index (χ1v) is 7.54. The highest BCUT2D eigenvalue weighted by Gasteiger charge is 2.37. The number of hydrogen-bond donors (Lipinski definition) is 2. The topological polar surface area (TPSA) is 24.1 Å². The van der Waals surface area contributed by atoms with Gasteiger partial charge in [-0.3, -0.25) is 0 Å². The van der Waals surface area contributed by atoms with Crippen molar-refractivity contribution in [2.45, 2.75) is 76.9 Å². The number of hydrogen-bond acceptors (Lipinski definition) is 2. The van der Waals surface area contributed by atoms with Crippen LogP contribution in [0.25, 0.3) is 0 Å². The molecule has 18 heavy (non-hydrogen) atoms. The molecule has 2 aliphatic rings. The van der Waals surface area contributed by atoms with E-state index in [1.165, 1.54) is 38.6 Å². The summed E-state index contributed by atoms with van der Waals surface area (Å²) >= 11 is 0. The Labute approximate surface area is 113 Å². The Morgan fingerprint density at radius 1 is 1.11 bits per heavy atom. The molecule has 1 atom stereocenters. The lowest BCUT2D eigenvalue weighted by Gasteiger charge is -2.47. The van der Waals surface area contributed by atoms with Crippen molar-refractivity contribution in [3.63, 3.8) is 0 Å². The van der Waals surface area contributed by atoms with Crippen molar-refractivity contribution in [3.8, 4) is 0 Å². The maximum Gasteiger partial charge on any atom is 0.0144 e. The van der Waals surface area contributed by atoms with E-state index >= 15 is 0 Å². The maximum atomic E-state index is 3.83. The Morgan fingerprint density at radius 2 is 1.78 bits per heavy atom. The molecule has 1 heterocycles. The highest BCUT2D eigenvalue weighted by atomic mass is 15.1. The van der Waals surface area contributed by atoms with E-state index in [1.807, 2.05) is 0 Å². The summed E-state index contributed by atoms with van der Waals surface area (Å²) in [4.78, 5) is 0. The minimum Gasteiger partial charge on any atom is -0.314 e. The van der Waals surface area contributed by atoms with Crippen LogP contribution in [0.5, 0.6) is 0 Å². The maximum absolute atomic E-state index is 3.83. The normalized spacial score (nSPS) is 31.4. The zero-order chi connectivity index (χ0) is 13.2. The fraction of sp³-hybridized carbons (Fsp3) is 0.875. The van der Waals surface area contributed by atoms with E-state index in [4.69, 9.17) is 0 Å². The first kappa shape index (κ1) is 14.1. The van der Waals surface area contributed by atoms with Gasteiger partial charge in [-0.05, 0) is 72.3 Å². The summed E-state index contributed by atoms with van der Waals surface area (Å²) in [5.74, 6) is 0.858. The van der Waals surface area contributed by atoms with Gasteiger partial charge in [0.1, 0.15) is 0 Å². The van der Waals surface area contributed by atoms with Gasteiger partial charge in [-0.25, -0.2) is 0 Å². The van der Waals surface area contributed by atoms with Crippen molar-refractivity contribution in [1.82, 2.24) is 10.6 Å². The van der Waals surface area contributed by atoms with Crippen molar-refractivity contribution in [2.24, 2.45) is 5.92 Å². The second kappa shape index (κ2) is 5.34. The number of piperidine rings is 1. The molecular formula is C16H30N2. The Hall–Kier alpha value is -0.340. The summed E-state index contributed by atoms with van der Waals surface area (Å²) in [6.07, 6.45) is 11.1. The molecule has 0 radical (unpaired) electrons. The largest absolute Gasteiger partial charge is 0.314 e. The summed E-state index contributed by atoms with van der Waals surface area (Å²) in [6.45, 7) is 10.5. The third-order valence-electron chi connectivity index (χ3n) is 4.26. The monoisotopic (exact) mass is 250 g/mol.